The number of esters is 1. The van der Waals surface area contributed by atoms with Crippen molar-refractivity contribution in [3.63, 3.8) is 0 Å². The Balaban J connectivity index is 1.60. The molecule has 0 aliphatic heterocycles. The molecule has 2 aromatic carbocycles. The van der Waals surface area contributed by atoms with Crippen LogP contribution in [0, 0.1) is 17.0 Å². The van der Waals surface area contributed by atoms with Gasteiger partial charge in [-0.15, -0.1) is 10.2 Å². The Kier molecular flexibility index (Phi) is 6.61. The molecule has 9 heteroatoms. The fourth-order valence-corrected chi connectivity index (χ4v) is 3.50. The standard InChI is InChI=1S/C20H20N4O4S/c1-14(17-9-6-10-18(11-17)24(26)27)28-19(25)13-29-20-22-21-15(2)23(20)12-16-7-4-3-5-8-16/h3-11,14H,12-13H2,1-2H3/t14-/m1/s1. The highest BCUT2D eigenvalue weighted by molar-refractivity contribution is 7.99. The zero-order valence-electron chi connectivity index (χ0n) is 16.0. The number of carbonyl (C=O) groups is 1. The molecule has 0 bridgehead atoms. The van der Waals surface area contributed by atoms with E-state index in [1.165, 1.54) is 23.9 Å². The van der Waals surface area contributed by atoms with Crippen LogP contribution in [0.25, 0.3) is 0 Å². The first-order valence-electron chi connectivity index (χ1n) is 8.94. The minimum absolute atomic E-state index is 0.0377. The van der Waals surface area contributed by atoms with Crippen molar-refractivity contribution in [2.75, 3.05) is 5.75 Å². The van der Waals surface area contributed by atoms with E-state index in [0.29, 0.717) is 17.3 Å². The van der Waals surface area contributed by atoms with Crippen LogP contribution in [0.4, 0.5) is 5.69 Å². The third-order valence-corrected chi connectivity index (χ3v) is 5.20. The molecule has 0 spiro atoms. The Hall–Kier alpha value is -3.20. The van der Waals surface area contributed by atoms with Gasteiger partial charge in [0.2, 0.25) is 0 Å². The van der Waals surface area contributed by atoms with E-state index in [1.54, 1.807) is 19.1 Å². The molecule has 0 aliphatic rings. The van der Waals surface area contributed by atoms with Crippen molar-refractivity contribution in [2.24, 2.45) is 0 Å². The van der Waals surface area contributed by atoms with Gasteiger partial charge >= 0.3 is 5.97 Å². The van der Waals surface area contributed by atoms with E-state index in [-0.39, 0.29) is 11.4 Å². The van der Waals surface area contributed by atoms with Crippen LogP contribution in [-0.4, -0.2) is 31.4 Å². The third-order valence-electron chi connectivity index (χ3n) is 4.26. The predicted octanol–water partition coefficient (Wildman–Crippen LogP) is 3.94. The third kappa shape index (κ3) is 5.41. The van der Waals surface area contributed by atoms with Gasteiger partial charge in [0.05, 0.1) is 17.2 Å². The first-order valence-corrected chi connectivity index (χ1v) is 9.93. The molecule has 0 saturated heterocycles. The number of hydrogen-bond acceptors (Lipinski definition) is 7. The summed E-state index contributed by atoms with van der Waals surface area (Å²) in [6.07, 6.45) is -0.591. The molecule has 3 rings (SSSR count). The van der Waals surface area contributed by atoms with Gasteiger partial charge in [0.1, 0.15) is 11.9 Å². The van der Waals surface area contributed by atoms with Crippen molar-refractivity contribution in [3.8, 4) is 0 Å². The summed E-state index contributed by atoms with van der Waals surface area (Å²) in [5.74, 6) is 0.391. The monoisotopic (exact) mass is 412 g/mol. The van der Waals surface area contributed by atoms with E-state index in [2.05, 4.69) is 10.2 Å². The van der Waals surface area contributed by atoms with Crippen LogP contribution in [-0.2, 0) is 16.1 Å². The van der Waals surface area contributed by atoms with Crippen molar-refractivity contribution in [2.45, 2.75) is 31.7 Å². The Bertz CT molecular complexity index is 1010. The summed E-state index contributed by atoms with van der Waals surface area (Å²) in [7, 11) is 0. The van der Waals surface area contributed by atoms with E-state index < -0.39 is 17.0 Å². The summed E-state index contributed by atoms with van der Waals surface area (Å²) in [6.45, 7) is 4.16. The van der Waals surface area contributed by atoms with E-state index in [4.69, 9.17) is 4.74 Å². The number of hydrogen-bond donors (Lipinski definition) is 0. The lowest BCUT2D eigenvalue weighted by Crippen LogP contribution is -2.12. The van der Waals surface area contributed by atoms with Crippen LogP contribution in [0.2, 0.25) is 0 Å². The number of benzene rings is 2. The maximum absolute atomic E-state index is 12.3. The van der Waals surface area contributed by atoms with E-state index in [9.17, 15) is 14.9 Å². The van der Waals surface area contributed by atoms with Gasteiger partial charge in [-0.25, -0.2) is 0 Å². The molecule has 0 radical (unpaired) electrons. The van der Waals surface area contributed by atoms with Crippen molar-refractivity contribution in [1.82, 2.24) is 14.8 Å². The Morgan fingerprint density at radius 2 is 1.97 bits per heavy atom. The van der Waals surface area contributed by atoms with E-state index >= 15 is 0 Å². The number of rotatable bonds is 8. The highest BCUT2D eigenvalue weighted by atomic mass is 32.2. The molecule has 29 heavy (non-hydrogen) atoms. The number of thioether (sulfide) groups is 1. The number of aromatic nitrogens is 3. The molecule has 0 amide bonds. The quantitative estimate of drug-likeness (QED) is 0.239. The largest absolute Gasteiger partial charge is 0.457 e. The molecule has 0 aliphatic carbocycles. The minimum atomic E-state index is -0.591. The second-order valence-electron chi connectivity index (χ2n) is 6.37. The van der Waals surface area contributed by atoms with Gasteiger partial charge in [0, 0.05) is 12.1 Å². The smallest absolute Gasteiger partial charge is 0.316 e. The summed E-state index contributed by atoms with van der Waals surface area (Å²) in [6, 6.07) is 16.0. The normalized spacial score (nSPS) is 11.8. The van der Waals surface area contributed by atoms with Gasteiger partial charge in [-0.1, -0.05) is 54.2 Å². The van der Waals surface area contributed by atoms with Crippen molar-refractivity contribution >= 4 is 23.4 Å². The topological polar surface area (TPSA) is 100 Å². The van der Waals surface area contributed by atoms with Crippen LogP contribution in [0.15, 0.2) is 59.8 Å². The lowest BCUT2D eigenvalue weighted by Gasteiger charge is -2.13. The van der Waals surface area contributed by atoms with Crippen molar-refractivity contribution < 1.29 is 14.5 Å². The van der Waals surface area contributed by atoms with Crippen molar-refractivity contribution in [3.05, 3.63) is 81.7 Å². The number of nitro groups is 1. The maximum Gasteiger partial charge on any atom is 0.316 e. The second-order valence-corrected chi connectivity index (χ2v) is 7.32. The highest BCUT2D eigenvalue weighted by Crippen LogP contribution is 2.24. The molecule has 150 valence electrons. The molecule has 1 heterocycles. The van der Waals surface area contributed by atoms with Crippen LogP contribution in [0.3, 0.4) is 0 Å². The summed E-state index contributed by atoms with van der Waals surface area (Å²) < 4.78 is 7.36. The van der Waals surface area contributed by atoms with Crippen molar-refractivity contribution in [1.29, 1.82) is 0 Å². The minimum Gasteiger partial charge on any atom is -0.457 e. The molecule has 3 aromatic rings. The molecule has 0 N–H and O–H groups in total. The molecular formula is C20H20N4O4S. The average Bonchev–Trinajstić information content (AvgIpc) is 3.06. The number of ether oxygens (including phenoxy) is 1. The van der Waals surface area contributed by atoms with Gasteiger partial charge < -0.3 is 9.30 Å². The SMILES string of the molecule is Cc1nnc(SCC(=O)O[C@H](C)c2cccc([N+](=O)[O-])c2)n1Cc1ccccc1. The average molecular weight is 412 g/mol. The number of carbonyl (C=O) groups excluding carboxylic acids is 1. The van der Waals surface area contributed by atoms with Gasteiger partial charge in [-0.3, -0.25) is 14.9 Å². The zero-order valence-corrected chi connectivity index (χ0v) is 16.8. The van der Waals surface area contributed by atoms with Gasteiger partial charge in [0.25, 0.3) is 5.69 Å². The van der Waals surface area contributed by atoms with Crippen LogP contribution in [0.1, 0.15) is 30.0 Å². The lowest BCUT2D eigenvalue weighted by atomic mass is 10.1. The Morgan fingerprint density at radius 1 is 1.21 bits per heavy atom. The van der Waals surface area contributed by atoms with Gasteiger partial charge in [-0.05, 0) is 25.0 Å². The highest BCUT2D eigenvalue weighted by Gasteiger charge is 2.17. The number of non-ortho nitro benzene ring substituents is 1. The number of nitrogens with zero attached hydrogens (tertiary/aromatic N) is 4. The summed E-state index contributed by atoms with van der Waals surface area (Å²) >= 11 is 1.25. The summed E-state index contributed by atoms with van der Waals surface area (Å²) in [4.78, 5) is 22.7. The molecule has 0 saturated carbocycles. The number of aryl methyl sites for hydroxylation is 1. The molecule has 8 nitrogen and oxygen atoms in total. The van der Waals surface area contributed by atoms with Gasteiger partial charge in [-0.2, -0.15) is 0 Å². The fourth-order valence-electron chi connectivity index (χ4n) is 2.73. The second kappa shape index (κ2) is 9.33. The zero-order chi connectivity index (χ0) is 20.8. The first kappa shape index (κ1) is 20.5. The lowest BCUT2D eigenvalue weighted by molar-refractivity contribution is -0.385. The van der Waals surface area contributed by atoms with Crippen LogP contribution in [0.5, 0.6) is 0 Å². The van der Waals surface area contributed by atoms with E-state index in [1.807, 2.05) is 41.8 Å². The Labute approximate surface area is 172 Å². The molecule has 0 unspecified atom stereocenters. The molecular weight excluding hydrogens is 392 g/mol. The maximum atomic E-state index is 12.3. The fraction of sp³-hybridized carbons (Fsp3) is 0.250. The predicted molar refractivity (Wildman–Crippen MR) is 109 cm³/mol. The summed E-state index contributed by atoms with van der Waals surface area (Å²) in [5.41, 5.74) is 1.64. The van der Waals surface area contributed by atoms with Crippen LogP contribution < -0.4 is 0 Å². The van der Waals surface area contributed by atoms with E-state index in [0.717, 1.165) is 11.4 Å². The Morgan fingerprint density at radius 3 is 2.69 bits per heavy atom. The van der Waals surface area contributed by atoms with Crippen LogP contribution >= 0.6 is 11.8 Å². The first-order chi connectivity index (χ1) is 13.9. The molecule has 1 aromatic heterocycles. The molecule has 1 atom stereocenters. The number of nitro benzene ring substituents is 1. The van der Waals surface area contributed by atoms with Gasteiger partial charge in [0.15, 0.2) is 5.16 Å². The molecule has 0 fully saturated rings. The summed E-state index contributed by atoms with van der Waals surface area (Å²) in [5, 5.41) is 19.8.